The van der Waals surface area contributed by atoms with Crippen molar-refractivity contribution in [3.8, 4) is 23.0 Å². The van der Waals surface area contributed by atoms with Crippen LogP contribution in [0.1, 0.15) is 18.0 Å². The van der Waals surface area contributed by atoms with Gasteiger partial charge in [-0.1, -0.05) is 5.16 Å². The summed E-state index contributed by atoms with van der Waals surface area (Å²) in [7, 11) is 1.83. The molecule has 19 heavy (non-hydrogen) atoms. The predicted octanol–water partition coefficient (Wildman–Crippen LogP) is 1.61. The minimum absolute atomic E-state index is 0.0977. The Morgan fingerprint density at radius 2 is 2.26 bits per heavy atom. The van der Waals surface area contributed by atoms with E-state index in [2.05, 4.69) is 20.2 Å². The summed E-state index contributed by atoms with van der Waals surface area (Å²) < 4.78 is 6.90. The second kappa shape index (κ2) is 4.56. The van der Waals surface area contributed by atoms with E-state index in [0.29, 0.717) is 17.4 Å². The maximum absolute atomic E-state index is 5.77. The SMILES string of the molecule is CC(N)c1nc(-c2nc(-c3cnn(C)c3)no2)cs1. The molecule has 0 radical (unpaired) electrons. The van der Waals surface area contributed by atoms with Crippen LogP contribution >= 0.6 is 11.3 Å². The van der Waals surface area contributed by atoms with Crippen LogP contribution in [-0.4, -0.2) is 24.9 Å². The maximum atomic E-state index is 5.77. The molecule has 3 aromatic rings. The number of nitrogens with two attached hydrogens (primary N) is 1. The Balaban J connectivity index is 1.92. The van der Waals surface area contributed by atoms with Gasteiger partial charge in [0, 0.05) is 18.6 Å². The monoisotopic (exact) mass is 276 g/mol. The van der Waals surface area contributed by atoms with Crippen molar-refractivity contribution in [1.82, 2.24) is 24.9 Å². The molecule has 0 saturated heterocycles. The van der Waals surface area contributed by atoms with E-state index in [1.165, 1.54) is 11.3 Å². The minimum atomic E-state index is -0.0977. The lowest BCUT2D eigenvalue weighted by atomic mass is 10.3. The molecule has 7 nitrogen and oxygen atoms in total. The van der Waals surface area contributed by atoms with Crippen molar-refractivity contribution in [3.63, 3.8) is 0 Å². The molecular weight excluding hydrogens is 264 g/mol. The van der Waals surface area contributed by atoms with Crippen molar-refractivity contribution >= 4 is 11.3 Å². The second-order valence-corrected chi connectivity index (χ2v) is 5.08. The first kappa shape index (κ1) is 12.0. The molecule has 3 aromatic heterocycles. The van der Waals surface area contributed by atoms with E-state index in [0.717, 1.165) is 10.6 Å². The van der Waals surface area contributed by atoms with Crippen LogP contribution in [0.2, 0.25) is 0 Å². The third-order valence-corrected chi connectivity index (χ3v) is 3.57. The molecule has 3 rings (SSSR count). The van der Waals surface area contributed by atoms with Crippen LogP contribution in [0.3, 0.4) is 0 Å². The van der Waals surface area contributed by atoms with E-state index in [4.69, 9.17) is 10.3 Å². The van der Waals surface area contributed by atoms with Gasteiger partial charge in [0.05, 0.1) is 17.8 Å². The van der Waals surface area contributed by atoms with Crippen molar-refractivity contribution in [3.05, 3.63) is 22.8 Å². The smallest absolute Gasteiger partial charge is 0.277 e. The first-order valence-corrected chi connectivity index (χ1v) is 6.55. The Labute approximate surface area is 113 Å². The molecule has 3 heterocycles. The van der Waals surface area contributed by atoms with Gasteiger partial charge in [0.25, 0.3) is 5.89 Å². The van der Waals surface area contributed by atoms with E-state index in [1.54, 1.807) is 10.9 Å². The Morgan fingerprint density at radius 1 is 1.42 bits per heavy atom. The molecule has 0 amide bonds. The van der Waals surface area contributed by atoms with E-state index < -0.39 is 0 Å². The number of hydrogen-bond donors (Lipinski definition) is 1. The van der Waals surface area contributed by atoms with Crippen LogP contribution in [0.15, 0.2) is 22.3 Å². The van der Waals surface area contributed by atoms with Crippen molar-refractivity contribution in [1.29, 1.82) is 0 Å². The third-order valence-electron chi connectivity index (χ3n) is 2.52. The summed E-state index contributed by atoms with van der Waals surface area (Å²) in [5.74, 6) is 0.889. The van der Waals surface area contributed by atoms with Gasteiger partial charge in [-0.05, 0) is 6.92 Å². The molecule has 98 valence electrons. The lowest BCUT2D eigenvalue weighted by Gasteiger charge is -1.95. The van der Waals surface area contributed by atoms with Gasteiger partial charge in [-0.2, -0.15) is 10.1 Å². The molecule has 2 N–H and O–H groups in total. The summed E-state index contributed by atoms with van der Waals surface area (Å²) in [6.45, 7) is 1.89. The number of nitrogens with zero attached hydrogens (tertiary/aromatic N) is 5. The summed E-state index contributed by atoms with van der Waals surface area (Å²) in [6.07, 6.45) is 3.51. The van der Waals surface area contributed by atoms with Crippen LogP contribution in [-0.2, 0) is 7.05 Å². The lowest BCUT2D eigenvalue weighted by Crippen LogP contribution is -2.03. The Morgan fingerprint density at radius 3 is 2.89 bits per heavy atom. The quantitative estimate of drug-likeness (QED) is 0.780. The van der Waals surface area contributed by atoms with Gasteiger partial charge >= 0.3 is 0 Å². The van der Waals surface area contributed by atoms with Gasteiger partial charge in [0.15, 0.2) is 0 Å². The van der Waals surface area contributed by atoms with E-state index in [-0.39, 0.29) is 6.04 Å². The Hall–Kier alpha value is -2.06. The summed E-state index contributed by atoms with van der Waals surface area (Å²) >= 11 is 1.48. The van der Waals surface area contributed by atoms with Crippen molar-refractivity contribution in [2.45, 2.75) is 13.0 Å². The first-order chi connectivity index (χ1) is 9.13. The topological polar surface area (TPSA) is 95.7 Å². The maximum Gasteiger partial charge on any atom is 0.277 e. The number of rotatable bonds is 3. The molecule has 0 aromatic carbocycles. The first-order valence-electron chi connectivity index (χ1n) is 5.67. The standard InChI is InChI=1S/C11H12N6OS/c1-6(12)11-14-8(5-19-11)10-15-9(16-18-10)7-3-13-17(2)4-7/h3-6H,12H2,1-2H3. The third kappa shape index (κ3) is 2.27. The number of aryl methyl sites for hydroxylation is 1. The van der Waals surface area contributed by atoms with Crippen LogP contribution in [0.5, 0.6) is 0 Å². The second-order valence-electron chi connectivity index (χ2n) is 4.19. The molecule has 0 aliphatic heterocycles. The molecule has 0 spiro atoms. The minimum Gasteiger partial charge on any atom is -0.332 e. The fraction of sp³-hybridized carbons (Fsp3) is 0.273. The van der Waals surface area contributed by atoms with Gasteiger partial charge in [0.2, 0.25) is 5.82 Å². The van der Waals surface area contributed by atoms with Gasteiger partial charge in [-0.3, -0.25) is 4.68 Å². The number of aromatic nitrogens is 5. The molecule has 0 fully saturated rings. The van der Waals surface area contributed by atoms with Crippen molar-refractivity contribution in [2.75, 3.05) is 0 Å². The number of thiazole rings is 1. The summed E-state index contributed by atoms with van der Waals surface area (Å²) in [6, 6.07) is -0.0977. The van der Waals surface area contributed by atoms with E-state index in [9.17, 15) is 0 Å². The summed E-state index contributed by atoms with van der Waals surface area (Å²) in [5.41, 5.74) is 7.23. The Kier molecular flexibility index (Phi) is 2.88. The average Bonchev–Trinajstić information content (AvgIpc) is 3.07. The van der Waals surface area contributed by atoms with Gasteiger partial charge < -0.3 is 10.3 Å². The summed E-state index contributed by atoms with van der Waals surface area (Å²) in [4.78, 5) is 8.68. The molecule has 8 heteroatoms. The largest absolute Gasteiger partial charge is 0.332 e. The zero-order chi connectivity index (χ0) is 13.4. The molecule has 1 unspecified atom stereocenters. The highest BCUT2D eigenvalue weighted by atomic mass is 32.1. The van der Waals surface area contributed by atoms with Crippen LogP contribution in [0.25, 0.3) is 23.0 Å². The fourth-order valence-electron chi connectivity index (χ4n) is 1.58. The highest BCUT2D eigenvalue weighted by Crippen LogP contribution is 2.25. The lowest BCUT2D eigenvalue weighted by molar-refractivity contribution is 0.431. The highest BCUT2D eigenvalue weighted by molar-refractivity contribution is 7.10. The Bertz CT molecular complexity index is 697. The highest BCUT2D eigenvalue weighted by Gasteiger charge is 2.15. The zero-order valence-corrected chi connectivity index (χ0v) is 11.3. The number of hydrogen-bond acceptors (Lipinski definition) is 7. The van der Waals surface area contributed by atoms with Crippen LogP contribution < -0.4 is 5.73 Å². The molecule has 0 aliphatic carbocycles. The summed E-state index contributed by atoms with van der Waals surface area (Å²) in [5, 5.41) is 10.7. The van der Waals surface area contributed by atoms with Crippen LogP contribution in [0, 0.1) is 0 Å². The van der Waals surface area contributed by atoms with Crippen molar-refractivity contribution in [2.24, 2.45) is 12.8 Å². The predicted molar refractivity (Wildman–Crippen MR) is 70.2 cm³/mol. The van der Waals surface area contributed by atoms with Gasteiger partial charge in [-0.15, -0.1) is 11.3 Å². The molecule has 0 bridgehead atoms. The molecular formula is C11H12N6OS. The van der Waals surface area contributed by atoms with Crippen LogP contribution in [0.4, 0.5) is 0 Å². The van der Waals surface area contributed by atoms with E-state index in [1.807, 2.05) is 25.5 Å². The molecule has 1 atom stereocenters. The fourth-order valence-corrected chi connectivity index (χ4v) is 2.33. The van der Waals surface area contributed by atoms with Crippen molar-refractivity contribution < 1.29 is 4.52 Å². The average molecular weight is 276 g/mol. The van der Waals surface area contributed by atoms with Gasteiger partial charge in [0.1, 0.15) is 10.7 Å². The van der Waals surface area contributed by atoms with E-state index >= 15 is 0 Å². The normalized spacial score (nSPS) is 12.8. The zero-order valence-electron chi connectivity index (χ0n) is 10.4. The molecule has 0 saturated carbocycles. The molecule has 0 aliphatic rings. The van der Waals surface area contributed by atoms with Gasteiger partial charge in [-0.25, -0.2) is 4.98 Å².